The zero-order chi connectivity index (χ0) is 12.4. The first-order chi connectivity index (χ1) is 8.08. The first-order valence-corrected chi connectivity index (χ1v) is 6.03. The van der Waals surface area contributed by atoms with Crippen LogP contribution in [0.3, 0.4) is 0 Å². The summed E-state index contributed by atoms with van der Waals surface area (Å²) < 4.78 is 0. The molecule has 1 unspecified atom stereocenters. The van der Waals surface area contributed by atoms with Crippen molar-refractivity contribution in [3.8, 4) is 0 Å². The molecule has 17 heavy (non-hydrogen) atoms. The summed E-state index contributed by atoms with van der Waals surface area (Å²) in [7, 11) is 0. The van der Waals surface area contributed by atoms with Crippen LogP contribution in [0.5, 0.6) is 0 Å². The van der Waals surface area contributed by atoms with Crippen LogP contribution < -0.4 is 0 Å². The fourth-order valence-corrected chi connectivity index (χ4v) is 2.14. The molecule has 2 aromatic carbocycles. The normalized spacial score (nSPS) is 12.5. The smallest absolute Gasteiger partial charge is 0.105 e. The highest BCUT2D eigenvalue weighted by Gasteiger charge is 2.13. The number of hydrogen-bond acceptors (Lipinski definition) is 1. The predicted molar refractivity (Wildman–Crippen MR) is 71.7 cm³/mol. The Bertz CT molecular complexity index is 520. The summed E-state index contributed by atoms with van der Waals surface area (Å²) >= 11 is 11.9. The Kier molecular flexibility index (Phi) is 3.72. The molecule has 1 N–H and O–H groups in total. The largest absolute Gasteiger partial charge is 0.384 e. The van der Waals surface area contributed by atoms with Gasteiger partial charge in [-0.1, -0.05) is 47.5 Å². The van der Waals surface area contributed by atoms with E-state index in [1.807, 2.05) is 25.1 Å². The van der Waals surface area contributed by atoms with E-state index in [9.17, 15) is 5.11 Å². The number of benzene rings is 2. The highest BCUT2D eigenvalue weighted by Crippen LogP contribution is 2.29. The Labute approximate surface area is 111 Å². The quantitative estimate of drug-likeness (QED) is 0.855. The number of halogens is 2. The summed E-state index contributed by atoms with van der Waals surface area (Å²) in [4.78, 5) is 0. The zero-order valence-electron chi connectivity index (χ0n) is 9.32. The van der Waals surface area contributed by atoms with Gasteiger partial charge in [0.2, 0.25) is 0 Å². The van der Waals surface area contributed by atoms with Crippen LogP contribution in [0, 0.1) is 6.92 Å². The highest BCUT2D eigenvalue weighted by atomic mass is 35.5. The number of aliphatic hydroxyl groups is 1. The predicted octanol–water partition coefficient (Wildman–Crippen LogP) is 4.38. The maximum absolute atomic E-state index is 10.2. The van der Waals surface area contributed by atoms with E-state index in [0.29, 0.717) is 15.6 Å². The van der Waals surface area contributed by atoms with Crippen LogP contribution in [0.4, 0.5) is 0 Å². The van der Waals surface area contributed by atoms with Gasteiger partial charge in [-0.3, -0.25) is 0 Å². The Balaban J connectivity index is 2.36. The van der Waals surface area contributed by atoms with Crippen LogP contribution in [0.1, 0.15) is 22.8 Å². The van der Waals surface area contributed by atoms with Crippen molar-refractivity contribution in [2.75, 3.05) is 0 Å². The minimum atomic E-state index is -0.722. The van der Waals surface area contributed by atoms with Crippen molar-refractivity contribution in [3.63, 3.8) is 0 Å². The highest BCUT2D eigenvalue weighted by molar-refractivity contribution is 6.31. The second-order valence-electron chi connectivity index (χ2n) is 3.98. The van der Waals surface area contributed by atoms with Gasteiger partial charge < -0.3 is 5.11 Å². The molecular weight excluding hydrogens is 255 g/mol. The molecule has 1 nitrogen and oxygen atoms in total. The summed E-state index contributed by atoms with van der Waals surface area (Å²) in [5.41, 5.74) is 2.56. The van der Waals surface area contributed by atoms with E-state index < -0.39 is 6.10 Å². The molecule has 0 fully saturated rings. The standard InChI is InChI=1S/C14H12Cl2O/c1-9-2-7-12(13(16)8-9)14(17)10-3-5-11(15)6-4-10/h2-8,14,17H,1H3. The Morgan fingerprint density at radius 2 is 1.65 bits per heavy atom. The molecule has 0 amide bonds. The molecule has 0 spiro atoms. The third kappa shape index (κ3) is 2.81. The first kappa shape index (κ1) is 12.4. The minimum Gasteiger partial charge on any atom is -0.384 e. The molecule has 2 aromatic rings. The van der Waals surface area contributed by atoms with Gasteiger partial charge in [-0.25, -0.2) is 0 Å². The Hall–Kier alpha value is -1.02. The van der Waals surface area contributed by atoms with E-state index in [2.05, 4.69) is 0 Å². The van der Waals surface area contributed by atoms with E-state index in [0.717, 1.165) is 11.1 Å². The third-order valence-electron chi connectivity index (χ3n) is 2.64. The van der Waals surface area contributed by atoms with Crippen molar-refractivity contribution >= 4 is 23.2 Å². The fourth-order valence-electron chi connectivity index (χ4n) is 1.68. The lowest BCUT2D eigenvalue weighted by Crippen LogP contribution is -2.00. The maximum Gasteiger partial charge on any atom is 0.105 e. The molecule has 0 aromatic heterocycles. The van der Waals surface area contributed by atoms with Gasteiger partial charge in [0, 0.05) is 15.6 Å². The lowest BCUT2D eigenvalue weighted by Gasteiger charge is -2.13. The molecule has 3 heteroatoms. The molecule has 0 aliphatic carbocycles. The van der Waals surface area contributed by atoms with Gasteiger partial charge in [0.25, 0.3) is 0 Å². The minimum absolute atomic E-state index is 0.576. The molecule has 2 rings (SSSR count). The van der Waals surface area contributed by atoms with Gasteiger partial charge >= 0.3 is 0 Å². The Morgan fingerprint density at radius 1 is 1.00 bits per heavy atom. The average Bonchev–Trinajstić information content (AvgIpc) is 2.29. The van der Waals surface area contributed by atoms with E-state index in [1.54, 1.807) is 24.3 Å². The van der Waals surface area contributed by atoms with E-state index >= 15 is 0 Å². The molecule has 0 heterocycles. The summed E-state index contributed by atoms with van der Waals surface area (Å²) in [6.07, 6.45) is -0.722. The molecular formula is C14H12Cl2O. The third-order valence-corrected chi connectivity index (χ3v) is 3.22. The van der Waals surface area contributed by atoms with Gasteiger partial charge in [-0.15, -0.1) is 0 Å². The monoisotopic (exact) mass is 266 g/mol. The van der Waals surface area contributed by atoms with Crippen molar-refractivity contribution in [1.82, 2.24) is 0 Å². The molecule has 0 aliphatic heterocycles. The SMILES string of the molecule is Cc1ccc(C(O)c2ccc(Cl)cc2)c(Cl)c1. The van der Waals surface area contributed by atoms with E-state index in [1.165, 1.54) is 0 Å². The van der Waals surface area contributed by atoms with Crippen molar-refractivity contribution < 1.29 is 5.11 Å². The van der Waals surface area contributed by atoms with Gasteiger partial charge in [-0.2, -0.15) is 0 Å². The first-order valence-electron chi connectivity index (χ1n) is 5.27. The van der Waals surface area contributed by atoms with E-state index in [4.69, 9.17) is 23.2 Å². The zero-order valence-corrected chi connectivity index (χ0v) is 10.8. The molecule has 0 saturated heterocycles. The van der Waals surface area contributed by atoms with Gasteiger partial charge in [-0.05, 0) is 36.2 Å². The molecule has 0 radical (unpaired) electrons. The second kappa shape index (κ2) is 5.09. The molecule has 0 aliphatic rings. The number of hydrogen-bond donors (Lipinski definition) is 1. The number of aliphatic hydroxyl groups excluding tert-OH is 1. The lowest BCUT2D eigenvalue weighted by atomic mass is 10.0. The molecule has 0 bridgehead atoms. The maximum atomic E-state index is 10.2. The van der Waals surface area contributed by atoms with Crippen LogP contribution in [0.25, 0.3) is 0 Å². The van der Waals surface area contributed by atoms with Crippen LogP contribution in [0.15, 0.2) is 42.5 Å². The number of rotatable bonds is 2. The van der Waals surface area contributed by atoms with Crippen LogP contribution in [-0.2, 0) is 0 Å². The lowest BCUT2D eigenvalue weighted by molar-refractivity contribution is 0.220. The van der Waals surface area contributed by atoms with Gasteiger partial charge in [0.1, 0.15) is 6.10 Å². The number of aryl methyl sites for hydroxylation is 1. The van der Waals surface area contributed by atoms with Crippen LogP contribution in [-0.4, -0.2) is 5.11 Å². The van der Waals surface area contributed by atoms with Gasteiger partial charge in [0.15, 0.2) is 0 Å². The second-order valence-corrected chi connectivity index (χ2v) is 4.82. The van der Waals surface area contributed by atoms with Crippen molar-refractivity contribution in [2.24, 2.45) is 0 Å². The average molecular weight is 267 g/mol. The molecule has 88 valence electrons. The van der Waals surface area contributed by atoms with Crippen molar-refractivity contribution in [3.05, 3.63) is 69.2 Å². The van der Waals surface area contributed by atoms with Crippen LogP contribution in [0.2, 0.25) is 10.0 Å². The molecule has 1 atom stereocenters. The Morgan fingerprint density at radius 3 is 2.24 bits per heavy atom. The van der Waals surface area contributed by atoms with Crippen molar-refractivity contribution in [1.29, 1.82) is 0 Å². The summed E-state index contributed by atoms with van der Waals surface area (Å²) in [6.45, 7) is 1.96. The van der Waals surface area contributed by atoms with Crippen molar-refractivity contribution in [2.45, 2.75) is 13.0 Å². The summed E-state index contributed by atoms with van der Waals surface area (Å²) in [5, 5.41) is 11.5. The topological polar surface area (TPSA) is 20.2 Å². The molecule has 0 saturated carbocycles. The summed E-state index contributed by atoms with van der Waals surface area (Å²) in [6, 6.07) is 12.7. The summed E-state index contributed by atoms with van der Waals surface area (Å²) in [5.74, 6) is 0. The van der Waals surface area contributed by atoms with Gasteiger partial charge in [0.05, 0.1) is 0 Å². The van der Waals surface area contributed by atoms with E-state index in [-0.39, 0.29) is 0 Å². The van der Waals surface area contributed by atoms with Crippen LogP contribution >= 0.6 is 23.2 Å². The fraction of sp³-hybridized carbons (Fsp3) is 0.143.